The van der Waals surface area contributed by atoms with E-state index in [1.54, 1.807) is 6.07 Å². The van der Waals surface area contributed by atoms with Gasteiger partial charge in [-0.1, -0.05) is 29.8 Å². The largest absolute Gasteiger partial charge is 0.348 e. The third-order valence-corrected chi connectivity index (χ3v) is 3.38. The number of carbonyl (C=O) groups excluding carboxylic acids is 1. The topological polar surface area (TPSA) is 54.9 Å². The summed E-state index contributed by atoms with van der Waals surface area (Å²) in [6.07, 6.45) is 0. The summed E-state index contributed by atoms with van der Waals surface area (Å²) in [6.45, 7) is 5.81. The highest BCUT2D eigenvalue weighted by atomic mass is 35.5. The fourth-order valence-electron chi connectivity index (χ4n) is 2.12. The van der Waals surface area contributed by atoms with E-state index in [2.05, 4.69) is 15.3 Å². The number of aromatic nitrogens is 2. The van der Waals surface area contributed by atoms with Crippen LogP contribution in [0.5, 0.6) is 0 Å². The number of hydrogen-bond donors (Lipinski definition) is 1. The van der Waals surface area contributed by atoms with Gasteiger partial charge in [-0.25, -0.2) is 9.97 Å². The van der Waals surface area contributed by atoms with Crippen molar-refractivity contribution in [2.24, 2.45) is 0 Å². The van der Waals surface area contributed by atoms with Gasteiger partial charge < -0.3 is 5.32 Å². The maximum absolute atomic E-state index is 12.2. The number of amides is 1. The Balaban J connectivity index is 2.16. The van der Waals surface area contributed by atoms with E-state index in [4.69, 9.17) is 11.6 Å². The average molecular weight is 290 g/mol. The van der Waals surface area contributed by atoms with Gasteiger partial charge in [0.2, 0.25) is 0 Å². The van der Waals surface area contributed by atoms with Gasteiger partial charge in [-0.3, -0.25) is 4.79 Å². The number of hydrogen-bond acceptors (Lipinski definition) is 3. The van der Waals surface area contributed by atoms with Gasteiger partial charge in [-0.05, 0) is 32.4 Å². The summed E-state index contributed by atoms with van der Waals surface area (Å²) >= 11 is 6.06. The molecular weight excluding hydrogens is 274 g/mol. The van der Waals surface area contributed by atoms with Gasteiger partial charge in [-0.15, -0.1) is 0 Å². The zero-order valence-electron chi connectivity index (χ0n) is 11.7. The van der Waals surface area contributed by atoms with Crippen LogP contribution in [-0.2, 0) is 6.54 Å². The van der Waals surface area contributed by atoms with Crippen LogP contribution >= 0.6 is 11.6 Å². The van der Waals surface area contributed by atoms with Crippen molar-refractivity contribution in [3.63, 3.8) is 0 Å². The molecule has 2 rings (SSSR count). The van der Waals surface area contributed by atoms with E-state index < -0.39 is 0 Å². The first-order chi connectivity index (χ1) is 9.49. The lowest BCUT2D eigenvalue weighted by Gasteiger charge is -2.11. The molecule has 4 nitrogen and oxygen atoms in total. The van der Waals surface area contributed by atoms with Crippen LogP contribution in [0.2, 0.25) is 5.02 Å². The summed E-state index contributed by atoms with van der Waals surface area (Å²) < 4.78 is 0. The minimum atomic E-state index is -0.181. The van der Waals surface area contributed by atoms with E-state index in [-0.39, 0.29) is 5.91 Å². The molecule has 0 aliphatic rings. The van der Waals surface area contributed by atoms with Gasteiger partial charge in [0, 0.05) is 11.6 Å². The molecule has 1 N–H and O–H groups in total. The van der Waals surface area contributed by atoms with E-state index in [0.29, 0.717) is 34.3 Å². The molecule has 104 valence electrons. The zero-order valence-corrected chi connectivity index (χ0v) is 12.5. The summed E-state index contributed by atoms with van der Waals surface area (Å²) in [6, 6.07) is 7.43. The van der Waals surface area contributed by atoms with Gasteiger partial charge in [-0.2, -0.15) is 0 Å². The highest BCUT2D eigenvalue weighted by molar-refractivity contribution is 6.31. The van der Waals surface area contributed by atoms with E-state index in [1.165, 1.54) is 0 Å². The number of nitrogens with one attached hydrogen (secondary N) is 1. The Bertz CT molecular complexity index is 632. The molecule has 20 heavy (non-hydrogen) atoms. The Morgan fingerprint density at radius 3 is 2.35 bits per heavy atom. The van der Waals surface area contributed by atoms with Crippen LogP contribution in [0.4, 0.5) is 0 Å². The Hall–Kier alpha value is -1.94. The summed E-state index contributed by atoms with van der Waals surface area (Å²) in [5, 5.41) is 3.49. The van der Waals surface area contributed by atoms with Crippen molar-refractivity contribution >= 4 is 17.5 Å². The molecule has 0 saturated heterocycles. The number of benzene rings is 1. The molecule has 0 radical (unpaired) electrons. The van der Waals surface area contributed by atoms with Gasteiger partial charge in [0.1, 0.15) is 5.82 Å². The monoisotopic (exact) mass is 289 g/mol. The van der Waals surface area contributed by atoms with E-state index in [0.717, 1.165) is 5.56 Å². The average Bonchev–Trinajstić information content (AvgIpc) is 2.36. The number of aryl methyl sites for hydroxylation is 3. The maximum Gasteiger partial charge on any atom is 0.255 e. The second kappa shape index (κ2) is 6.01. The van der Waals surface area contributed by atoms with E-state index in [9.17, 15) is 4.79 Å². The molecule has 0 atom stereocenters. The van der Waals surface area contributed by atoms with Gasteiger partial charge in [0.05, 0.1) is 17.0 Å². The number of halogens is 1. The lowest BCUT2D eigenvalue weighted by molar-refractivity contribution is 0.0948. The van der Waals surface area contributed by atoms with Crippen LogP contribution in [0.25, 0.3) is 0 Å². The van der Waals surface area contributed by atoms with Gasteiger partial charge in [0.25, 0.3) is 5.91 Å². The van der Waals surface area contributed by atoms with Gasteiger partial charge >= 0.3 is 0 Å². The van der Waals surface area contributed by atoms with Crippen molar-refractivity contribution in [3.05, 3.63) is 57.6 Å². The molecule has 0 spiro atoms. The molecule has 0 aliphatic carbocycles. The molecule has 1 heterocycles. The summed E-state index contributed by atoms with van der Waals surface area (Å²) in [7, 11) is 0. The van der Waals surface area contributed by atoms with Crippen LogP contribution < -0.4 is 5.32 Å². The molecule has 2 aromatic rings. The van der Waals surface area contributed by atoms with Crippen molar-refractivity contribution in [1.29, 1.82) is 0 Å². The fraction of sp³-hybridized carbons (Fsp3) is 0.267. The quantitative estimate of drug-likeness (QED) is 0.945. The van der Waals surface area contributed by atoms with Crippen LogP contribution in [-0.4, -0.2) is 15.9 Å². The Kier molecular flexibility index (Phi) is 4.35. The van der Waals surface area contributed by atoms with Crippen LogP contribution in [0, 0.1) is 20.8 Å². The predicted octanol–water partition coefficient (Wildman–Crippen LogP) is 2.99. The first-order valence-electron chi connectivity index (χ1n) is 6.32. The number of nitrogens with zero attached hydrogens (tertiary/aromatic N) is 2. The van der Waals surface area contributed by atoms with Crippen LogP contribution in [0.15, 0.2) is 24.3 Å². The van der Waals surface area contributed by atoms with Crippen molar-refractivity contribution < 1.29 is 4.79 Å². The van der Waals surface area contributed by atoms with Gasteiger partial charge in [0.15, 0.2) is 0 Å². The van der Waals surface area contributed by atoms with E-state index >= 15 is 0 Å². The summed E-state index contributed by atoms with van der Waals surface area (Å²) in [5.74, 6) is 0.488. The molecule has 0 unspecified atom stereocenters. The second-order valence-electron chi connectivity index (χ2n) is 4.59. The Morgan fingerprint density at radius 2 is 1.75 bits per heavy atom. The lowest BCUT2D eigenvalue weighted by atomic mass is 10.1. The molecule has 1 aromatic carbocycles. The Labute approximate surface area is 123 Å². The van der Waals surface area contributed by atoms with Crippen LogP contribution in [0.3, 0.4) is 0 Å². The highest BCUT2D eigenvalue weighted by Crippen LogP contribution is 2.15. The highest BCUT2D eigenvalue weighted by Gasteiger charge is 2.15. The van der Waals surface area contributed by atoms with Crippen LogP contribution in [0.1, 0.15) is 33.1 Å². The van der Waals surface area contributed by atoms with E-state index in [1.807, 2.05) is 39.0 Å². The van der Waals surface area contributed by atoms with Crippen molar-refractivity contribution in [3.8, 4) is 0 Å². The first kappa shape index (κ1) is 14.5. The third kappa shape index (κ3) is 3.14. The summed E-state index contributed by atoms with van der Waals surface area (Å²) in [5.41, 5.74) is 2.78. The second-order valence-corrected chi connectivity index (χ2v) is 5.00. The molecular formula is C15H16ClN3O. The molecule has 0 bridgehead atoms. The third-order valence-electron chi connectivity index (χ3n) is 3.01. The molecule has 1 amide bonds. The normalized spacial score (nSPS) is 10.4. The number of rotatable bonds is 3. The van der Waals surface area contributed by atoms with Crippen molar-refractivity contribution in [2.75, 3.05) is 0 Å². The molecule has 1 aromatic heterocycles. The molecule has 0 aliphatic heterocycles. The summed E-state index contributed by atoms with van der Waals surface area (Å²) in [4.78, 5) is 20.7. The number of carbonyl (C=O) groups is 1. The van der Waals surface area contributed by atoms with Crippen molar-refractivity contribution in [1.82, 2.24) is 15.3 Å². The SMILES string of the molecule is Cc1nc(C)c(C(=O)NCc2ccccc2Cl)c(C)n1. The molecule has 0 saturated carbocycles. The Morgan fingerprint density at radius 1 is 1.15 bits per heavy atom. The lowest BCUT2D eigenvalue weighted by Crippen LogP contribution is -2.25. The fourth-order valence-corrected chi connectivity index (χ4v) is 2.32. The maximum atomic E-state index is 12.2. The predicted molar refractivity (Wildman–Crippen MR) is 78.9 cm³/mol. The minimum Gasteiger partial charge on any atom is -0.348 e. The molecule has 0 fully saturated rings. The standard InChI is InChI=1S/C15H16ClN3O/c1-9-14(10(2)19-11(3)18-9)15(20)17-8-12-6-4-5-7-13(12)16/h4-7H,8H2,1-3H3,(H,17,20). The molecule has 5 heteroatoms. The minimum absolute atomic E-state index is 0.181. The first-order valence-corrected chi connectivity index (χ1v) is 6.70. The van der Waals surface area contributed by atoms with Crippen molar-refractivity contribution in [2.45, 2.75) is 27.3 Å². The zero-order chi connectivity index (χ0) is 14.7. The smallest absolute Gasteiger partial charge is 0.255 e.